The molecule has 1 aromatic carbocycles. The van der Waals surface area contributed by atoms with Gasteiger partial charge >= 0.3 is 0 Å². The Balaban J connectivity index is 1.84. The zero-order chi connectivity index (χ0) is 14.1. The van der Waals surface area contributed by atoms with Crippen LogP contribution in [-0.4, -0.2) is 24.7 Å². The topological polar surface area (TPSA) is 39.1 Å². The first kappa shape index (κ1) is 13.7. The molecule has 2 fully saturated rings. The zero-order valence-corrected chi connectivity index (χ0v) is 12.5. The molecule has 1 aromatic rings. The number of halogens is 1. The maximum atomic E-state index is 8.94. The molecule has 2 unspecified atom stereocenters. The van der Waals surface area contributed by atoms with E-state index in [0.717, 1.165) is 12.2 Å². The van der Waals surface area contributed by atoms with Gasteiger partial charge in [0.05, 0.1) is 22.3 Å². The zero-order valence-electron chi connectivity index (χ0n) is 11.8. The van der Waals surface area contributed by atoms with Crippen molar-refractivity contribution in [1.82, 2.24) is 5.32 Å². The Bertz CT molecular complexity index is 525. The van der Waals surface area contributed by atoms with Crippen LogP contribution >= 0.6 is 11.6 Å². The lowest BCUT2D eigenvalue weighted by atomic mass is 9.97. The van der Waals surface area contributed by atoms with Crippen molar-refractivity contribution in [3.8, 4) is 6.07 Å². The first-order valence-corrected chi connectivity index (χ1v) is 7.81. The molecule has 2 saturated heterocycles. The Morgan fingerprint density at radius 2 is 2.05 bits per heavy atom. The van der Waals surface area contributed by atoms with Gasteiger partial charge in [-0.25, -0.2) is 0 Å². The normalized spacial score (nSPS) is 28.1. The van der Waals surface area contributed by atoms with Crippen LogP contribution in [-0.2, 0) is 0 Å². The van der Waals surface area contributed by atoms with Gasteiger partial charge < -0.3 is 10.2 Å². The van der Waals surface area contributed by atoms with E-state index in [0.29, 0.717) is 28.7 Å². The summed E-state index contributed by atoms with van der Waals surface area (Å²) in [6.45, 7) is 3.13. The highest BCUT2D eigenvalue weighted by molar-refractivity contribution is 6.33. The molecule has 0 aromatic heterocycles. The van der Waals surface area contributed by atoms with E-state index in [1.807, 2.05) is 12.1 Å². The maximum Gasteiger partial charge on any atom is 0.0992 e. The van der Waals surface area contributed by atoms with Gasteiger partial charge in [-0.3, -0.25) is 0 Å². The minimum atomic E-state index is 0.559. The Kier molecular flexibility index (Phi) is 3.87. The summed E-state index contributed by atoms with van der Waals surface area (Å²) in [5.41, 5.74) is 1.69. The van der Waals surface area contributed by atoms with Gasteiger partial charge in [0.25, 0.3) is 0 Å². The molecule has 0 aliphatic carbocycles. The highest BCUT2D eigenvalue weighted by Crippen LogP contribution is 2.35. The third-order valence-electron chi connectivity index (χ3n) is 4.62. The summed E-state index contributed by atoms with van der Waals surface area (Å²) in [5, 5.41) is 13.3. The van der Waals surface area contributed by atoms with Crippen LogP contribution in [0.5, 0.6) is 0 Å². The van der Waals surface area contributed by atoms with Crippen molar-refractivity contribution in [1.29, 1.82) is 5.26 Å². The first-order valence-electron chi connectivity index (χ1n) is 7.43. The Morgan fingerprint density at radius 3 is 2.60 bits per heavy atom. The highest BCUT2D eigenvalue weighted by Gasteiger charge is 2.36. The van der Waals surface area contributed by atoms with E-state index in [4.69, 9.17) is 16.9 Å². The summed E-state index contributed by atoms with van der Waals surface area (Å²) in [7, 11) is 0. The standard InChI is InChI=1S/C16H20ClN3/c1-2-20(14-8-12-4-5-13(9-14)19-12)16-6-3-11(10-18)7-15(16)17/h3,6-7,12-14,19H,2,4-5,8-9H2,1H3. The molecule has 2 atom stereocenters. The average Bonchev–Trinajstić information content (AvgIpc) is 2.80. The van der Waals surface area contributed by atoms with Crippen LogP contribution in [0.3, 0.4) is 0 Å². The number of piperidine rings is 1. The molecule has 0 spiro atoms. The lowest BCUT2D eigenvalue weighted by Crippen LogP contribution is -2.48. The molecule has 2 aliphatic rings. The SMILES string of the molecule is CCN(c1ccc(C#N)cc1Cl)C1CC2CCC(C1)N2. The lowest BCUT2D eigenvalue weighted by molar-refractivity contribution is 0.349. The smallest absolute Gasteiger partial charge is 0.0992 e. The molecule has 3 rings (SSSR count). The van der Waals surface area contributed by atoms with Crippen LogP contribution in [0.15, 0.2) is 18.2 Å². The second kappa shape index (κ2) is 5.63. The summed E-state index contributed by atoms with van der Waals surface area (Å²) in [5.74, 6) is 0. The van der Waals surface area contributed by atoms with Gasteiger partial charge in [-0.05, 0) is 50.8 Å². The van der Waals surface area contributed by atoms with Gasteiger partial charge in [-0.1, -0.05) is 11.6 Å². The molecule has 0 amide bonds. The molecule has 4 heteroatoms. The molecule has 2 bridgehead atoms. The van der Waals surface area contributed by atoms with Gasteiger partial charge in [0.1, 0.15) is 0 Å². The molecule has 3 nitrogen and oxygen atoms in total. The Labute approximate surface area is 125 Å². The van der Waals surface area contributed by atoms with E-state index in [2.05, 4.69) is 23.2 Å². The van der Waals surface area contributed by atoms with Gasteiger partial charge in [0, 0.05) is 24.7 Å². The largest absolute Gasteiger partial charge is 0.368 e. The van der Waals surface area contributed by atoms with Crippen LogP contribution in [0.4, 0.5) is 5.69 Å². The summed E-state index contributed by atoms with van der Waals surface area (Å²) >= 11 is 6.38. The van der Waals surface area contributed by atoms with Crippen LogP contribution in [0.1, 0.15) is 38.2 Å². The monoisotopic (exact) mass is 289 g/mol. The third-order valence-corrected chi connectivity index (χ3v) is 4.92. The molecular formula is C16H20ClN3. The quantitative estimate of drug-likeness (QED) is 0.928. The predicted octanol–water partition coefficient (Wildman–Crippen LogP) is 3.32. The Hall–Kier alpha value is -1.24. The number of hydrogen-bond acceptors (Lipinski definition) is 3. The lowest BCUT2D eigenvalue weighted by Gasteiger charge is -2.39. The number of benzene rings is 1. The van der Waals surface area contributed by atoms with E-state index < -0.39 is 0 Å². The van der Waals surface area contributed by atoms with Gasteiger partial charge in [-0.15, -0.1) is 0 Å². The van der Waals surface area contributed by atoms with Crippen LogP contribution < -0.4 is 10.2 Å². The molecule has 20 heavy (non-hydrogen) atoms. The predicted molar refractivity (Wildman–Crippen MR) is 82.2 cm³/mol. The van der Waals surface area contributed by atoms with Crippen molar-refractivity contribution >= 4 is 17.3 Å². The van der Waals surface area contributed by atoms with E-state index in [1.54, 1.807) is 6.07 Å². The molecular weight excluding hydrogens is 270 g/mol. The van der Waals surface area contributed by atoms with Gasteiger partial charge in [-0.2, -0.15) is 5.26 Å². The van der Waals surface area contributed by atoms with Gasteiger partial charge in [0.15, 0.2) is 0 Å². The fourth-order valence-electron chi connectivity index (χ4n) is 3.72. The number of nitriles is 1. The molecule has 2 aliphatic heterocycles. The van der Waals surface area contributed by atoms with E-state index in [1.165, 1.54) is 25.7 Å². The summed E-state index contributed by atoms with van der Waals surface area (Å²) in [6, 6.07) is 9.67. The first-order chi connectivity index (χ1) is 9.71. The van der Waals surface area contributed by atoms with Crippen LogP contribution in [0.2, 0.25) is 5.02 Å². The van der Waals surface area contributed by atoms with Crippen LogP contribution in [0, 0.1) is 11.3 Å². The highest BCUT2D eigenvalue weighted by atomic mass is 35.5. The van der Waals surface area contributed by atoms with E-state index >= 15 is 0 Å². The second-order valence-electron chi connectivity index (χ2n) is 5.83. The number of nitrogens with zero attached hydrogens (tertiary/aromatic N) is 2. The molecule has 1 N–H and O–H groups in total. The van der Waals surface area contributed by atoms with Crippen molar-refractivity contribution in [3.63, 3.8) is 0 Å². The fourth-order valence-corrected chi connectivity index (χ4v) is 4.01. The summed E-state index contributed by atoms with van der Waals surface area (Å²) in [6.07, 6.45) is 5.00. The molecule has 2 heterocycles. The number of rotatable bonds is 3. The van der Waals surface area contributed by atoms with E-state index in [9.17, 15) is 0 Å². The van der Waals surface area contributed by atoms with Crippen molar-refractivity contribution in [2.45, 2.75) is 50.7 Å². The number of hydrogen-bond donors (Lipinski definition) is 1. The van der Waals surface area contributed by atoms with Crippen molar-refractivity contribution in [2.75, 3.05) is 11.4 Å². The molecule has 0 radical (unpaired) electrons. The van der Waals surface area contributed by atoms with Gasteiger partial charge in [0.2, 0.25) is 0 Å². The van der Waals surface area contributed by atoms with Crippen molar-refractivity contribution < 1.29 is 0 Å². The number of anilines is 1. The average molecular weight is 290 g/mol. The third kappa shape index (κ3) is 2.51. The molecule has 0 saturated carbocycles. The maximum absolute atomic E-state index is 8.94. The fraction of sp³-hybridized carbons (Fsp3) is 0.562. The minimum absolute atomic E-state index is 0.559. The number of nitrogens with one attached hydrogen (secondary N) is 1. The Morgan fingerprint density at radius 1 is 1.35 bits per heavy atom. The minimum Gasteiger partial charge on any atom is -0.368 e. The number of fused-ring (bicyclic) bond motifs is 2. The molecule has 106 valence electrons. The second-order valence-corrected chi connectivity index (χ2v) is 6.23. The van der Waals surface area contributed by atoms with Crippen LogP contribution in [0.25, 0.3) is 0 Å². The van der Waals surface area contributed by atoms with Crippen molar-refractivity contribution in [2.24, 2.45) is 0 Å². The van der Waals surface area contributed by atoms with Crippen molar-refractivity contribution in [3.05, 3.63) is 28.8 Å². The summed E-state index contributed by atoms with van der Waals surface area (Å²) in [4.78, 5) is 2.41. The van der Waals surface area contributed by atoms with E-state index in [-0.39, 0.29) is 0 Å². The summed E-state index contributed by atoms with van der Waals surface area (Å²) < 4.78 is 0.